The number of hydroxylamine groups is 2. The van der Waals surface area contributed by atoms with Crippen LogP contribution in [0.1, 0.15) is 12.5 Å². The highest BCUT2D eigenvalue weighted by molar-refractivity contribution is 5.83. The zero-order valence-electron chi connectivity index (χ0n) is 10.1. The molecule has 0 saturated carbocycles. The molecule has 0 spiro atoms. The quantitative estimate of drug-likeness (QED) is 0.464. The van der Waals surface area contributed by atoms with E-state index in [1.54, 1.807) is 0 Å². The van der Waals surface area contributed by atoms with Gasteiger partial charge >= 0.3 is 0 Å². The van der Waals surface area contributed by atoms with Crippen molar-refractivity contribution < 1.29 is 9.63 Å². The van der Waals surface area contributed by atoms with Crippen molar-refractivity contribution >= 4 is 5.91 Å². The van der Waals surface area contributed by atoms with E-state index in [4.69, 9.17) is 10.4 Å². The van der Waals surface area contributed by atoms with Gasteiger partial charge in [-0.2, -0.15) is 0 Å². The van der Waals surface area contributed by atoms with Crippen LogP contribution in [0.3, 0.4) is 0 Å². The Kier molecular flexibility index (Phi) is 3.82. The molecule has 0 aliphatic carbocycles. The number of hydrogen-bond donors (Lipinski definition) is 0. The lowest BCUT2D eigenvalue weighted by Gasteiger charge is -2.15. The second-order valence-electron chi connectivity index (χ2n) is 4.29. The molecule has 1 aromatic rings. The Bertz CT molecular complexity index is 470. The van der Waals surface area contributed by atoms with Gasteiger partial charge in [0.1, 0.15) is 12.6 Å². The highest BCUT2D eigenvalue weighted by Gasteiger charge is 2.38. The molecule has 1 aliphatic rings. The predicted molar refractivity (Wildman–Crippen MR) is 65.0 cm³/mol. The van der Waals surface area contributed by atoms with Gasteiger partial charge in [-0.1, -0.05) is 42.4 Å². The first-order chi connectivity index (χ1) is 8.72. The molecule has 18 heavy (non-hydrogen) atoms. The van der Waals surface area contributed by atoms with Crippen molar-refractivity contribution in [2.24, 2.45) is 11.0 Å². The van der Waals surface area contributed by atoms with Crippen LogP contribution in [0.4, 0.5) is 0 Å². The van der Waals surface area contributed by atoms with Crippen LogP contribution in [0.15, 0.2) is 35.4 Å². The molecule has 0 unspecified atom stereocenters. The molecule has 1 fully saturated rings. The second-order valence-corrected chi connectivity index (χ2v) is 4.29. The van der Waals surface area contributed by atoms with Crippen LogP contribution in [-0.2, 0) is 16.2 Å². The first kappa shape index (κ1) is 12.4. The summed E-state index contributed by atoms with van der Waals surface area (Å²) in [4.78, 5) is 20.0. The van der Waals surface area contributed by atoms with Gasteiger partial charge in [0.2, 0.25) is 0 Å². The lowest BCUT2D eigenvalue weighted by Crippen LogP contribution is -2.28. The van der Waals surface area contributed by atoms with E-state index in [0.29, 0.717) is 13.2 Å². The van der Waals surface area contributed by atoms with Gasteiger partial charge in [-0.05, 0) is 17.0 Å². The molecule has 0 bridgehead atoms. The largest absolute Gasteiger partial charge is 0.272 e. The van der Waals surface area contributed by atoms with Crippen LogP contribution >= 0.6 is 0 Å². The molecular weight excluding hydrogens is 232 g/mol. The molecule has 1 saturated heterocycles. The fraction of sp³-hybridized carbons (Fsp3) is 0.417. The minimum atomic E-state index is -0.647. The highest BCUT2D eigenvalue weighted by atomic mass is 16.7. The van der Waals surface area contributed by atoms with Gasteiger partial charge in [0.15, 0.2) is 0 Å². The van der Waals surface area contributed by atoms with E-state index in [0.717, 1.165) is 5.56 Å². The van der Waals surface area contributed by atoms with Gasteiger partial charge in [0.25, 0.3) is 5.91 Å². The van der Waals surface area contributed by atoms with E-state index in [-0.39, 0.29) is 11.8 Å². The molecule has 1 heterocycles. The molecule has 6 heteroatoms. The summed E-state index contributed by atoms with van der Waals surface area (Å²) >= 11 is 0. The minimum Gasteiger partial charge on any atom is -0.272 e. The summed E-state index contributed by atoms with van der Waals surface area (Å²) in [6, 6.07) is 8.95. The normalized spacial score (nSPS) is 22.9. The van der Waals surface area contributed by atoms with E-state index in [1.807, 2.05) is 37.3 Å². The average Bonchev–Trinajstić information content (AvgIpc) is 2.66. The number of nitrogens with zero attached hydrogens (tertiary/aromatic N) is 4. The van der Waals surface area contributed by atoms with Gasteiger partial charge < -0.3 is 0 Å². The topological polar surface area (TPSA) is 78.3 Å². The minimum absolute atomic E-state index is 0.0239. The van der Waals surface area contributed by atoms with Crippen molar-refractivity contribution in [3.8, 4) is 0 Å². The fourth-order valence-corrected chi connectivity index (χ4v) is 1.90. The standard InChI is InChI=1S/C12H14N4O2/c1-9-7-16(12(17)11(9)14-15-13)18-8-10-5-3-2-4-6-10/h2-6,9,11H,7-8H2,1H3/t9-,11-/m1/s1. The third-order valence-electron chi connectivity index (χ3n) is 2.90. The zero-order chi connectivity index (χ0) is 13.0. The van der Waals surface area contributed by atoms with Crippen LogP contribution in [-0.4, -0.2) is 23.6 Å². The summed E-state index contributed by atoms with van der Waals surface area (Å²) in [6.07, 6.45) is 0. The van der Waals surface area contributed by atoms with Crippen molar-refractivity contribution in [3.05, 3.63) is 46.3 Å². The summed E-state index contributed by atoms with van der Waals surface area (Å²) in [5.41, 5.74) is 9.39. The lowest BCUT2D eigenvalue weighted by molar-refractivity contribution is -0.183. The molecule has 2 atom stereocenters. The van der Waals surface area contributed by atoms with E-state index < -0.39 is 6.04 Å². The summed E-state index contributed by atoms with van der Waals surface area (Å²) in [7, 11) is 0. The summed E-state index contributed by atoms with van der Waals surface area (Å²) in [5.74, 6) is -0.291. The number of carbonyl (C=O) groups is 1. The van der Waals surface area contributed by atoms with Crippen LogP contribution in [0, 0.1) is 5.92 Å². The molecule has 1 aliphatic heterocycles. The summed E-state index contributed by atoms with van der Waals surface area (Å²) in [5, 5.41) is 4.79. The fourth-order valence-electron chi connectivity index (χ4n) is 1.90. The van der Waals surface area contributed by atoms with Crippen LogP contribution in [0.5, 0.6) is 0 Å². The summed E-state index contributed by atoms with van der Waals surface area (Å²) in [6.45, 7) is 2.65. The molecule has 1 amide bonds. The maximum Gasteiger partial charge on any atom is 0.255 e. The van der Waals surface area contributed by atoms with Crippen molar-refractivity contribution in [3.63, 3.8) is 0 Å². The average molecular weight is 246 g/mol. The van der Waals surface area contributed by atoms with Crippen molar-refractivity contribution in [1.82, 2.24) is 5.06 Å². The maximum atomic E-state index is 11.9. The van der Waals surface area contributed by atoms with Crippen molar-refractivity contribution in [2.75, 3.05) is 6.54 Å². The van der Waals surface area contributed by atoms with Gasteiger partial charge in [0.05, 0.1) is 6.54 Å². The van der Waals surface area contributed by atoms with Crippen molar-refractivity contribution in [1.29, 1.82) is 0 Å². The van der Waals surface area contributed by atoms with E-state index in [2.05, 4.69) is 10.0 Å². The molecule has 0 aromatic heterocycles. The maximum absolute atomic E-state index is 11.9. The molecular formula is C12H14N4O2. The van der Waals surface area contributed by atoms with Crippen LogP contribution in [0.25, 0.3) is 10.4 Å². The third kappa shape index (κ3) is 2.61. The Balaban J connectivity index is 1.95. The molecule has 0 radical (unpaired) electrons. The lowest BCUT2D eigenvalue weighted by atomic mass is 10.1. The SMILES string of the molecule is C[C@@H]1CN(OCc2ccccc2)C(=O)[C@@H]1N=[N+]=[N-]. The van der Waals surface area contributed by atoms with E-state index in [1.165, 1.54) is 5.06 Å². The van der Waals surface area contributed by atoms with Crippen LogP contribution in [0.2, 0.25) is 0 Å². The third-order valence-corrected chi connectivity index (χ3v) is 2.90. The Morgan fingerprint density at radius 3 is 2.89 bits per heavy atom. The first-order valence-electron chi connectivity index (χ1n) is 5.75. The number of benzene rings is 1. The first-order valence-corrected chi connectivity index (χ1v) is 5.75. The molecule has 0 N–H and O–H groups in total. The monoisotopic (exact) mass is 246 g/mol. The van der Waals surface area contributed by atoms with Gasteiger partial charge in [0, 0.05) is 4.91 Å². The zero-order valence-corrected chi connectivity index (χ0v) is 10.1. The molecule has 1 aromatic carbocycles. The van der Waals surface area contributed by atoms with Gasteiger partial charge in [-0.25, -0.2) is 5.06 Å². The number of hydrogen-bond acceptors (Lipinski definition) is 3. The number of azide groups is 1. The Morgan fingerprint density at radius 2 is 2.22 bits per heavy atom. The van der Waals surface area contributed by atoms with Crippen LogP contribution < -0.4 is 0 Å². The number of rotatable bonds is 4. The van der Waals surface area contributed by atoms with E-state index >= 15 is 0 Å². The molecule has 94 valence electrons. The Morgan fingerprint density at radius 1 is 1.50 bits per heavy atom. The van der Waals surface area contributed by atoms with Gasteiger partial charge in [-0.15, -0.1) is 0 Å². The smallest absolute Gasteiger partial charge is 0.255 e. The molecule has 6 nitrogen and oxygen atoms in total. The molecule has 2 rings (SSSR count). The Labute approximate surface area is 105 Å². The number of amides is 1. The summed E-state index contributed by atoms with van der Waals surface area (Å²) < 4.78 is 0. The number of carbonyl (C=O) groups excluding carboxylic acids is 1. The Hall–Kier alpha value is -2.04. The van der Waals surface area contributed by atoms with Crippen molar-refractivity contribution in [2.45, 2.75) is 19.6 Å². The predicted octanol–water partition coefficient (Wildman–Crippen LogP) is 2.28. The van der Waals surface area contributed by atoms with E-state index in [9.17, 15) is 4.79 Å². The second kappa shape index (κ2) is 5.53. The highest BCUT2D eigenvalue weighted by Crippen LogP contribution is 2.22. The van der Waals surface area contributed by atoms with Gasteiger partial charge in [-0.3, -0.25) is 9.63 Å².